The normalized spacial score (nSPS) is 11.5. The number of fused-ring (bicyclic) bond motifs is 1. The number of halogens is 1. The Bertz CT molecular complexity index is 1490. The van der Waals surface area contributed by atoms with Gasteiger partial charge in [0, 0.05) is 22.0 Å². The fourth-order valence-corrected chi connectivity index (χ4v) is 3.62. The summed E-state index contributed by atoms with van der Waals surface area (Å²) in [5.41, 5.74) is 2.85. The molecule has 5 rings (SSSR count). The molecule has 0 unspecified atom stereocenters. The molecule has 1 aromatic heterocycles. The van der Waals surface area contributed by atoms with Crippen LogP contribution in [0.25, 0.3) is 22.3 Å². The predicted octanol–water partition coefficient (Wildman–Crippen LogP) is 7.20. The number of ether oxygens (including phenoxy) is 1. The van der Waals surface area contributed by atoms with E-state index in [0.717, 1.165) is 16.3 Å². The van der Waals surface area contributed by atoms with Crippen molar-refractivity contribution in [3.05, 3.63) is 125 Å². The zero-order chi connectivity index (χ0) is 22.6. The SMILES string of the molecule is O=C(Oc1ccc(N=c2cc(-c3ccccc3)oc3ccc(Cl)cc23)cc1)c1ccccc1. The summed E-state index contributed by atoms with van der Waals surface area (Å²) in [4.78, 5) is 17.1. The number of rotatable bonds is 4. The van der Waals surface area contributed by atoms with Crippen molar-refractivity contribution in [2.75, 3.05) is 0 Å². The highest BCUT2D eigenvalue weighted by Crippen LogP contribution is 2.25. The molecule has 4 nitrogen and oxygen atoms in total. The van der Waals surface area contributed by atoms with E-state index in [0.29, 0.717) is 33.4 Å². The van der Waals surface area contributed by atoms with E-state index < -0.39 is 5.97 Å². The maximum Gasteiger partial charge on any atom is 0.343 e. The molecule has 0 amide bonds. The zero-order valence-electron chi connectivity index (χ0n) is 17.4. The Labute approximate surface area is 195 Å². The van der Waals surface area contributed by atoms with Crippen LogP contribution in [0, 0.1) is 0 Å². The van der Waals surface area contributed by atoms with E-state index in [1.807, 2.05) is 54.6 Å². The first-order valence-electron chi connectivity index (χ1n) is 10.4. The molecule has 160 valence electrons. The molecule has 0 fully saturated rings. The first-order valence-corrected chi connectivity index (χ1v) is 10.7. The number of benzene rings is 4. The second-order valence-electron chi connectivity index (χ2n) is 7.36. The molecule has 0 saturated carbocycles. The van der Waals surface area contributed by atoms with Gasteiger partial charge in [-0.05, 0) is 54.6 Å². The van der Waals surface area contributed by atoms with Crippen LogP contribution in [-0.2, 0) is 0 Å². The Hall–Kier alpha value is -4.15. The van der Waals surface area contributed by atoms with Gasteiger partial charge in [0.2, 0.25) is 0 Å². The molecule has 0 saturated heterocycles. The van der Waals surface area contributed by atoms with Crippen LogP contribution in [0.2, 0.25) is 5.02 Å². The van der Waals surface area contributed by atoms with Crippen molar-refractivity contribution < 1.29 is 13.9 Å². The minimum Gasteiger partial charge on any atom is -0.456 e. The van der Waals surface area contributed by atoms with Crippen molar-refractivity contribution in [2.24, 2.45) is 4.99 Å². The second-order valence-corrected chi connectivity index (χ2v) is 7.80. The molecule has 0 radical (unpaired) electrons. The lowest BCUT2D eigenvalue weighted by molar-refractivity contribution is 0.0735. The number of hydrogen-bond donors (Lipinski definition) is 0. The van der Waals surface area contributed by atoms with Crippen LogP contribution in [0.15, 0.2) is 119 Å². The lowest BCUT2D eigenvalue weighted by atomic mass is 10.1. The Kier molecular flexibility index (Phi) is 5.75. The van der Waals surface area contributed by atoms with Gasteiger partial charge in [0.15, 0.2) is 0 Å². The quantitative estimate of drug-likeness (QED) is 0.214. The average Bonchev–Trinajstić information content (AvgIpc) is 2.86. The Balaban J connectivity index is 1.51. The average molecular weight is 452 g/mol. The summed E-state index contributed by atoms with van der Waals surface area (Å²) >= 11 is 6.24. The van der Waals surface area contributed by atoms with Crippen LogP contribution in [-0.4, -0.2) is 5.97 Å². The first kappa shape index (κ1) is 20.7. The van der Waals surface area contributed by atoms with Gasteiger partial charge in [-0.2, -0.15) is 0 Å². The van der Waals surface area contributed by atoms with Gasteiger partial charge in [-0.15, -0.1) is 0 Å². The molecule has 0 bridgehead atoms. The highest BCUT2D eigenvalue weighted by atomic mass is 35.5. The van der Waals surface area contributed by atoms with E-state index in [1.54, 1.807) is 54.6 Å². The van der Waals surface area contributed by atoms with Crippen LogP contribution in [0.1, 0.15) is 10.4 Å². The van der Waals surface area contributed by atoms with Crippen molar-refractivity contribution in [2.45, 2.75) is 0 Å². The van der Waals surface area contributed by atoms with E-state index >= 15 is 0 Å². The molecular weight excluding hydrogens is 434 g/mol. The van der Waals surface area contributed by atoms with Gasteiger partial charge in [-0.1, -0.05) is 60.1 Å². The van der Waals surface area contributed by atoms with E-state index in [4.69, 9.17) is 25.7 Å². The number of esters is 1. The fourth-order valence-electron chi connectivity index (χ4n) is 3.45. The molecule has 0 N–H and O–H groups in total. The van der Waals surface area contributed by atoms with Gasteiger partial charge in [-0.25, -0.2) is 9.79 Å². The number of carbonyl (C=O) groups excluding carboxylic acids is 1. The largest absolute Gasteiger partial charge is 0.456 e. The summed E-state index contributed by atoms with van der Waals surface area (Å²) in [6, 6.07) is 33.2. The molecule has 33 heavy (non-hydrogen) atoms. The van der Waals surface area contributed by atoms with Crippen LogP contribution in [0.4, 0.5) is 5.69 Å². The van der Waals surface area contributed by atoms with Crippen molar-refractivity contribution in [1.82, 2.24) is 0 Å². The Morgan fingerprint density at radius 2 is 1.48 bits per heavy atom. The van der Waals surface area contributed by atoms with E-state index in [9.17, 15) is 4.79 Å². The molecule has 0 atom stereocenters. The van der Waals surface area contributed by atoms with Gasteiger partial charge < -0.3 is 9.15 Å². The predicted molar refractivity (Wildman–Crippen MR) is 130 cm³/mol. The monoisotopic (exact) mass is 451 g/mol. The van der Waals surface area contributed by atoms with Crippen LogP contribution >= 0.6 is 11.6 Å². The van der Waals surface area contributed by atoms with E-state index in [-0.39, 0.29) is 0 Å². The van der Waals surface area contributed by atoms with Gasteiger partial charge in [0.05, 0.1) is 16.6 Å². The standard InChI is InChI=1S/C28H18ClNO3/c29-21-11-16-26-24(17-21)25(18-27(33-26)19-7-3-1-4-8-19)30-22-12-14-23(15-13-22)32-28(31)20-9-5-2-6-10-20/h1-18H. The van der Waals surface area contributed by atoms with Crippen LogP contribution in [0.5, 0.6) is 5.75 Å². The van der Waals surface area contributed by atoms with E-state index in [2.05, 4.69) is 0 Å². The van der Waals surface area contributed by atoms with Gasteiger partial charge in [0.25, 0.3) is 0 Å². The van der Waals surface area contributed by atoms with Crippen molar-refractivity contribution >= 4 is 34.2 Å². The first-order chi connectivity index (χ1) is 16.2. The topological polar surface area (TPSA) is 51.8 Å². The summed E-state index contributed by atoms with van der Waals surface area (Å²) in [5, 5.41) is 2.14. The summed E-state index contributed by atoms with van der Waals surface area (Å²) in [7, 11) is 0. The molecular formula is C28H18ClNO3. The molecule has 0 aliphatic heterocycles. The fraction of sp³-hybridized carbons (Fsp3) is 0. The zero-order valence-corrected chi connectivity index (χ0v) is 18.2. The molecule has 4 aromatic carbocycles. The smallest absolute Gasteiger partial charge is 0.343 e. The molecule has 5 aromatic rings. The maximum absolute atomic E-state index is 12.3. The molecule has 0 aliphatic carbocycles. The van der Waals surface area contributed by atoms with Crippen molar-refractivity contribution in [3.63, 3.8) is 0 Å². The van der Waals surface area contributed by atoms with E-state index in [1.165, 1.54) is 0 Å². The summed E-state index contributed by atoms with van der Waals surface area (Å²) in [6.07, 6.45) is 0. The molecule has 0 spiro atoms. The highest BCUT2D eigenvalue weighted by molar-refractivity contribution is 6.31. The van der Waals surface area contributed by atoms with Gasteiger partial charge >= 0.3 is 5.97 Å². The van der Waals surface area contributed by atoms with Gasteiger partial charge in [-0.3, -0.25) is 0 Å². The highest BCUT2D eigenvalue weighted by Gasteiger charge is 2.09. The number of nitrogens with zero attached hydrogens (tertiary/aromatic N) is 1. The minimum atomic E-state index is -0.405. The van der Waals surface area contributed by atoms with Crippen molar-refractivity contribution in [1.29, 1.82) is 0 Å². The molecule has 1 heterocycles. The Morgan fingerprint density at radius 3 is 2.21 bits per heavy atom. The summed E-state index contributed by atoms with van der Waals surface area (Å²) < 4.78 is 11.6. The summed E-state index contributed by atoms with van der Waals surface area (Å²) in [5.74, 6) is 0.749. The lowest BCUT2D eigenvalue weighted by Crippen LogP contribution is -2.07. The maximum atomic E-state index is 12.3. The number of hydrogen-bond acceptors (Lipinski definition) is 4. The third kappa shape index (κ3) is 4.71. The second kappa shape index (κ2) is 9.15. The minimum absolute atomic E-state index is 0.405. The third-order valence-electron chi connectivity index (χ3n) is 5.07. The van der Waals surface area contributed by atoms with Gasteiger partial charge in [0.1, 0.15) is 17.1 Å². The molecule has 0 aliphatic rings. The number of carbonyl (C=O) groups is 1. The Morgan fingerprint density at radius 1 is 0.788 bits per heavy atom. The molecule has 5 heteroatoms. The third-order valence-corrected chi connectivity index (χ3v) is 5.31. The van der Waals surface area contributed by atoms with Crippen LogP contribution in [0.3, 0.4) is 0 Å². The summed E-state index contributed by atoms with van der Waals surface area (Å²) in [6.45, 7) is 0. The van der Waals surface area contributed by atoms with Crippen LogP contribution < -0.4 is 10.1 Å². The van der Waals surface area contributed by atoms with Crippen molar-refractivity contribution in [3.8, 4) is 17.1 Å². The lowest BCUT2D eigenvalue weighted by Gasteiger charge is -2.06.